The Morgan fingerprint density at radius 2 is 1.92 bits per heavy atom. The summed E-state index contributed by atoms with van der Waals surface area (Å²) < 4.78 is 32.4. The highest BCUT2D eigenvalue weighted by Gasteiger charge is 2.36. The zero-order valence-electron chi connectivity index (χ0n) is 14.4. The van der Waals surface area contributed by atoms with Crippen LogP contribution in [0.5, 0.6) is 0 Å². The number of rotatable bonds is 5. The average molecular weight is 380 g/mol. The van der Waals surface area contributed by atoms with Crippen molar-refractivity contribution >= 4 is 21.6 Å². The number of hydrogen-bond acceptors (Lipinski definition) is 3. The zero-order valence-corrected chi connectivity index (χ0v) is 16.0. The summed E-state index contributed by atoms with van der Waals surface area (Å²) in [4.78, 5) is 0. The lowest BCUT2D eigenvalue weighted by molar-refractivity contribution is 0.214. The maximum atomic E-state index is 12.9. The van der Waals surface area contributed by atoms with Gasteiger partial charge < -0.3 is 4.74 Å². The van der Waals surface area contributed by atoms with Crippen molar-refractivity contribution in [2.45, 2.75) is 19.4 Å². The first-order valence-electron chi connectivity index (χ1n) is 8.26. The van der Waals surface area contributed by atoms with Crippen molar-refractivity contribution in [2.24, 2.45) is 0 Å². The van der Waals surface area contributed by atoms with E-state index in [0.717, 1.165) is 16.7 Å². The van der Waals surface area contributed by atoms with Crippen LogP contribution in [-0.4, -0.2) is 38.7 Å². The fourth-order valence-electron chi connectivity index (χ4n) is 3.31. The lowest BCUT2D eigenvalue weighted by Crippen LogP contribution is -2.42. The molecular weight excluding hydrogens is 358 g/mol. The molecule has 0 radical (unpaired) electrons. The molecule has 1 aliphatic heterocycles. The molecule has 25 heavy (non-hydrogen) atoms. The van der Waals surface area contributed by atoms with Crippen molar-refractivity contribution in [3.63, 3.8) is 0 Å². The van der Waals surface area contributed by atoms with Crippen LogP contribution in [0.15, 0.2) is 42.5 Å². The molecule has 1 aliphatic rings. The van der Waals surface area contributed by atoms with Gasteiger partial charge in [-0.1, -0.05) is 47.5 Å². The van der Waals surface area contributed by atoms with Gasteiger partial charge in [-0.2, -0.15) is 4.31 Å². The zero-order chi connectivity index (χ0) is 18.0. The summed E-state index contributed by atoms with van der Waals surface area (Å²) in [6, 6.07) is 13.4. The van der Waals surface area contributed by atoms with Crippen molar-refractivity contribution in [3.05, 3.63) is 69.7 Å². The van der Waals surface area contributed by atoms with Crippen molar-refractivity contribution in [1.82, 2.24) is 4.31 Å². The lowest BCUT2D eigenvalue weighted by atomic mass is 9.89. The monoisotopic (exact) mass is 379 g/mol. The van der Waals surface area contributed by atoms with Crippen LogP contribution >= 0.6 is 11.6 Å². The van der Waals surface area contributed by atoms with Crippen LogP contribution in [0.1, 0.15) is 28.3 Å². The van der Waals surface area contributed by atoms with Crippen LogP contribution in [0.4, 0.5) is 0 Å². The summed E-state index contributed by atoms with van der Waals surface area (Å²) in [7, 11) is -1.92. The van der Waals surface area contributed by atoms with E-state index in [1.165, 1.54) is 12.7 Å². The third kappa shape index (κ3) is 3.90. The fraction of sp³-hybridized carbons (Fsp3) is 0.368. The molecule has 1 unspecified atom stereocenters. The van der Waals surface area contributed by atoms with Crippen molar-refractivity contribution in [2.75, 3.05) is 26.0 Å². The Balaban J connectivity index is 2.10. The van der Waals surface area contributed by atoms with E-state index in [4.69, 9.17) is 16.3 Å². The molecule has 1 heterocycles. The Hall–Kier alpha value is -1.40. The molecule has 0 aliphatic carbocycles. The van der Waals surface area contributed by atoms with E-state index in [1.54, 1.807) is 16.4 Å². The van der Waals surface area contributed by atoms with E-state index in [9.17, 15) is 8.42 Å². The Bertz CT molecular complexity index is 849. The van der Waals surface area contributed by atoms with Crippen molar-refractivity contribution < 1.29 is 13.2 Å². The third-order valence-corrected chi connectivity index (χ3v) is 6.62. The first kappa shape index (κ1) is 18.4. The number of benzene rings is 2. The molecule has 0 bridgehead atoms. The Morgan fingerprint density at radius 3 is 2.60 bits per heavy atom. The van der Waals surface area contributed by atoms with E-state index in [0.29, 0.717) is 18.0 Å². The van der Waals surface area contributed by atoms with Crippen LogP contribution in [0, 0.1) is 6.92 Å². The molecule has 2 aromatic carbocycles. The number of aryl methyl sites for hydroxylation is 1. The van der Waals surface area contributed by atoms with E-state index < -0.39 is 10.0 Å². The van der Waals surface area contributed by atoms with Gasteiger partial charge in [0.15, 0.2) is 0 Å². The number of sulfonamides is 1. The molecule has 0 spiro atoms. The second-order valence-electron chi connectivity index (χ2n) is 6.33. The van der Waals surface area contributed by atoms with E-state index >= 15 is 0 Å². The van der Waals surface area contributed by atoms with Gasteiger partial charge in [0.25, 0.3) is 0 Å². The van der Waals surface area contributed by atoms with E-state index in [-0.39, 0.29) is 18.4 Å². The number of halogens is 1. The highest BCUT2D eigenvalue weighted by molar-refractivity contribution is 7.89. The van der Waals surface area contributed by atoms with E-state index in [2.05, 4.69) is 18.2 Å². The first-order chi connectivity index (χ1) is 11.9. The summed E-state index contributed by atoms with van der Waals surface area (Å²) in [5.74, 6) is -0.0191. The molecule has 6 heteroatoms. The fourth-order valence-corrected chi connectivity index (χ4v) is 4.97. The lowest BCUT2D eigenvalue weighted by Gasteiger charge is -2.37. The van der Waals surface area contributed by atoms with Crippen LogP contribution in [0.3, 0.4) is 0 Å². The minimum Gasteiger partial charge on any atom is -0.384 e. The summed E-state index contributed by atoms with van der Waals surface area (Å²) in [6.45, 7) is 2.68. The van der Waals surface area contributed by atoms with Crippen molar-refractivity contribution in [1.29, 1.82) is 0 Å². The molecule has 4 nitrogen and oxygen atoms in total. The molecule has 0 amide bonds. The minimum atomic E-state index is -3.43. The SMILES string of the molecule is COCCS(=O)(=O)N1CCc2ccc(C)cc2C1c1ccc(Cl)cc1. The number of methoxy groups -OCH3 is 1. The number of ether oxygens (including phenoxy) is 1. The van der Waals surface area contributed by atoms with Gasteiger partial charge in [0.2, 0.25) is 10.0 Å². The summed E-state index contributed by atoms with van der Waals surface area (Å²) in [5.41, 5.74) is 4.30. The second kappa shape index (κ2) is 7.46. The quantitative estimate of drug-likeness (QED) is 0.797. The molecule has 0 fully saturated rings. The number of fused-ring (bicyclic) bond motifs is 1. The number of hydrogen-bond donors (Lipinski definition) is 0. The molecule has 3 rings (SSSR count). The first-order valence-corrected chi connectivity index (χ1v) is 10.2. The smallest absolute Gasteiger partial charge is 0.217 e. The topological polar surface area (TPSA) is 46.6 Å². The maximum absolute atomic E-state index is 12.9. The molecule has 1 atom stereocenters. The molecule has 0 saturated heterocycles. The van der Waals surface area contributed by atoms with Crippen LogP contribution in [0.25, 0.3) is 0 Å². The van der Waals surface area contributed by atoms with Crippen LogP contribution in [0.2, 0.25) is 5.02 Å². The minimum absolute atomic E-state index is 0.0191. The molecule has 0 N–H and O–H groups in total. The molecular formula is C19H22ClNO3S. The maximum Gasteiger partial charge on any atom is 0.217 e. The normalized spacial score (nSPS) is 18.1. The number of nitrogens with zero attached hydrogens (tertiary/aromatic N) is 1. The van der Waals surface area contributed by atoms with Gasteiger partial charge in [-0.15, -0.1) is 0 Å². The highest BCUT2D eigenvalue weighted by atomic mass is 35.5. The van der Waals surface area contributed by atoms with Gasteiger partial charge in [0.05, 0.1) is 18.4 Å². The predicted molar refractivity (Wildman–Crippen MR) is 101 cm³/mol. The highest BCUT2D eigenvalue weighted by Crippen LogP contribution is 2.37. The molecule has 2 aromatic rings. The van der Waals surface area contributed by atoms with Gasteiger partial charge >= 0.3 is 0 Å². The van der Waals surface area contributed by atoms with Gasteiger partial charge in [0, 0.05) is 18.7 Å². The van der Waals surface area contributed by atoms with Gasteiger partial charge in [-0.3, -0.25) is 0 Å². The largest absolute Gasteiger partial charge is 0.384 e. The average Bonchev–Trinajstić information content (AvgIpc) is 2.59. The van der Waals surface area contributed by atoms with Gasteiger partial charge in [-0.25, -0.2) is 8.42 Å². The Morgan fingerprint density at radius 1 is 1.20 bits per heavy atom. The Kier molecular flexibility index (Phi) is 5.49. The predicted octanol–water partition coefficient (Wildman–Crippen LogP) is 3.57. The molecule has 0 aromatic heterocycles. The Labute approximate surface area is 154 Å². The second-order valence-corrected chi connectivity index (χ2v) is 8.80. The summed E-state index contributed by atoms with van der Waals surface area (Å²) >= 11 is 6.02. The standard InChI is InChI=1S/C19H22ClNO3S/c1-14-3-4-15-9-10-21(25(22,23)12-11-24-2)19(18(15)13-14)16-5-7-17(20)8-6-16/h3-8,13,19H,9-12H2,1-2H3. The summed E-state index contributed by atoms with van der Waals surface area (Å²) in [5, 5.41) is 0.637. The molecule has 0 saturated carbocycles. The van der Waals surface area contributed by atoms with Gasteiger partial charge in [0.1, 0.15) is 0 Å². The summed E-state index contributed by atoms with van der Waals surface area (Å²) in [6.07, 6.45) is 0.714. The third-order valence-electron chi connectivity index (χ3n) is 4.57. The van der Waals surface area contributed by atoms with Crippen LogP contribution < -0.4 is 0 Å². The van der Waals surface area contributed by atoms with E-state index in [1.807, 2.05) is 19.1 Å². The van der Waals surface area contributed by atoms with Crippen LogP contribution in [-0.2, 0) is 21.2 Å². The molecule has 134 valence electrons. The van der Waals surface area contributed by atoms with Crippen molar-refractivity contribution in [3.8, 4) is 0 Å². The van der Waals surface area contributed by atoms with Gasteiger partial charge in [-0.05, 0) is 42.2 Å².